The number of nitrogens with one attached hydrogen (secondary N) is 1. The van der Waals surface area contributed by atoms with Gasteiger partial charge in [0.15, 0.2) is 5.13 Å². The Kier molecular flexibility index (Phi) is 3.38. The van der Waals surface area contributed by atoms with Gasteiger partial charge in [-0.15, -0.1) is 11.3 Å². The number of aromatic nitrogens is 1. The number of nitrogens with zero attached hydrogens (tertiary/aromatic N) is 1. The number of hydrogen-bond donors (Lipinski definition) is 2. The summed E-state index contributed by atoms with van der Waals surface area (Å²) in [5.74, 6) is -0.696. The van der Waals surface area contributed by atoms with Crippen molar-refractivity contribution in [2.24, 2.45) is 5.41 Å². The fraction of sp³-hybridized carbons (Fsp3) is 0.667. The highest BCUT2D eigenvalue weighted by Gasteiger charge is 2.38. The molecular weight excluding hydrogens is 236 g/mol. The highest BCUT2D eigenvalue weighted by atomic mass is 32.1. The standard InChI is InChI=1S/C12H18N2O2S/c1-8-9(2)17-11(14-8)13-7-12(4-3-5-12)6-10(15)16/h3-7H2,1-2H3,(H,13,14)(H,15,16). The molecule has 1 aliphatic carbocycles. The summed E-state index contributed by atoms with van der Waals surface area (Å²) in [6, 6.07) is 0. The summed E-state index contributed by atoms with van der Waals surface area (Å²) >= 11 is 1.64. The van der Waals surface area contributed by atoms with Gasteiger partial charge in [-0.2, -0.15) is 0 Å². The molecule has 0 aromatic carbocycles. The third-order valence-electron chi connectivity index (χ3n) is 3.58. The van der Waals surface area contributed by atoms with Crippen molar-refractivity contribution in [3.63, 3.8) is 0 Å². The van der Waals surface area contributed by atoms with Crippen LogP contribution in [0, 0.1) is 19.3 Å². The van der Waals surface area contributed by atoms with Crippen molar-refractivity contribution in [2.45, 2.75) is 39.5 Å². The topological polar surface area (TPSA) is 62.2 Å². The van der Waals surface area contributed by atoms with Gasteiger partial charge in [0.1, 0.15) is 0 Å². The molecule has 1 heterocycles. The molecule has 0 aliphatic heterocycles. The molecule has 1 saturated carbocycles. The van der Waals surface area contributed by atoms with Gasteiger partial charge in [-0.05, 0) is 32.1 Å². The van der Waals surface area contributed by atoms with E-state index in [1.807, 2.05) is 6.92 Å². The van der Waals surface area contributed by atoms with Crippen molar-refractivity contribution < 1.29 is 9.90 Å². The van der Waals surface area contributed by atoms with Crippen LogP contribution in [0.25, 0.3) is 0 Å². The van der Waals surface area contributed by atoms with Crippen LogP contribution in [0.1, 0.15) is 36.3 Å². The smallest absolute Gasteiger partial charge is 0.303 e. The minimum Gasteiger partial charge on any atom is -0.481 e. The van der Waals surface area contributed by atoms with Crippen LogP contribution >= 0.6 is 11.3 Å². The Bertz CT molecular complexity index is 405. The maximum Gasteiger partial charge on any atom is 0.303 e. The zero-order valence-corrected chi connectivity index (χ0v) is 11.1. The number of carboxylic acid groups (broad SMARTS) is 1. The number of carbonyl (C=O) groups is 1. The maximum atomic E-state index is 10.8. The van der Waals surface area contributed by atoms with Gasteiger partial charge in [0.25, 0.3) is 0 Å². The van der Waals surface area contributed by atoms with E-state index in [0.717, 1.165) is 36.6 Å². The molecule has 1 aliphatic rings. The van der Waals surface area contributed by atoms with Crippen LogP contribution in [0.5, 0.6) is 0 Å². The quantitative estimate of drug-likeness (QED) is 0.848. The summed E-state index contributed by atoms with van der Waals surface area (Å²) in [6.45, 7) is 4.77. The molecule has 1 aromatic rings. The molecule has 0 bridgehead atoms. The van der Waals surface area contributed by atoms with Gasteiger partial charge in [-0.1, -0.05) is 6.42 Å². The molecule has 2 rings (SSSR count). The summed E-state index contributed by atoms with van der Waals surface area (Å²) in [7, 11) is 0. The van der Waals surface area contributed by atoms with Crippen molar-refractivity contribution in [1.82, 2.24) is 4.98 Å². The summed E-state index contributed by atoms with van der Waals surface area (Å²) in [6.07, 6.45) is 3.43. The zero-order valence-electron chi connectivity index (χ0n) is 10.2. The maximum absolute atomic E-state index is 10.8. The Balaban J connectivity index is 1.94. The monoisotopic (exact) mass is 254 g/mol. The van der Waals surface area contributed by atoms with Gasteiger partial charge >= 0.3 is 5.97 Å². The predicted molar refractivity (Wildman–Crippen MR) is 68.6 cm³/mol. The van der Waals surface area contributed by atoms with Gasteiger partial charge in [-0.3, -0.25) is 4.79 Å². The van der Waals surface area contributed by atoms with Crippen LogP contribution in [0.2, 0.25) is 0 Å². The minimum absolute atomic E-state index is 0.0423. The molecule has 2 N–H and O–H groups in total. The van der Waals surface area contributed by atoms with E-state index in [0.29, 0.717) is 0 Å². The van der Waals surface area contributed by atoms with E-state index in [1.54, 1.807) is 11.3 Å². The summed E-state index contributed by atoms with van der Waals surface area (Å²) in [4.78, 5) is 16.5. The van der Waals surface area contributed by atoms with Crippen LogP contribution in [0.4, 0.5) is 5.13 Å². The van der Waals surface area contributed by atoms with Gasteiger partial charge in [0.2, 0.25) is 0 Å². The van der Waals surface area contributed by atoms with Crippen molar-refractivity contribution in [1.29, 1.82) is 0 Å². The van der Waals surface area contributed by atoms with Crippen LogP contribution in [0.15, 0.2) is 0 Å². The molecule has 1 aromatic heterocycles. The third kappa shape index (κ3) is 2.77. The van der Waals surface area contributed by atoms with Crippen LogP contribution < -0.4 is 5.32 Å². The first-order valence-corrected chi connectivity index (χ1v) is 6.72. The van der Waals surface area contributed by atoms with Gasteiger partial charge in [0, 0.05) is 11.4 Å². The fourth-order valence-corrected chi connectivity index (χ4v) is 3.04. The number of aliphatic carboxylic acids is 1. The number of rotatable bonds is 5. The minimum atomic E-state index is -0.696. The summed E-state index contributed by atoms with van der Waals surface area (Å²) in [5.41, 5.74) is 1.01. The molecule has 94 valence electrons. The Morgan fingerprint density at radius 2 is 2.24 bits per heavy atom. The Morgan fingerprint density at radius 3 is 2.65 bits per heavy atom. The van der Waals surface area contributed by atoms with Crippen LogP contribution in [-0.2, 0) is 4.79 Å². The lowest BCUT2D eigenvalue weighted by Crippen LogP contribution is -2.38. The van der Waals surface area contributed by atoms with E-state index in [9.17, 15) is 4.79 Å². The third-order valence-corrected chi connectivity index (χ3v) is 4.61. The first-order valence-electron chi connectivity index (χ1n) is 5.90. The van der Waals surface area contributed by atoms with E-state index in [4.69, 9.17) is 5.11 Å². The SMILES string of the molecule is Cc1nc(NCC2(CC(=O)O)CCC2)sc1C. The van der Waals surface area contributed by atoms with Gasteiger partial charge < -0.3 is 10.4 Å². The average Bonchev–Trinajstić information content (AvgIpc) is 2.50. The second-order valence-corrected chi connectivity index (χ2v) is 6.14. The number of thiazole rings is 1. The predicted octanol–water partition coefficient (Wildman–Crippen LogP) is 2.82. The molecule has 0 atom stereocenters. The first-order chi connectivity index (χ1) is 8.01. The molecule has 5 heteroatoms. The highest BCUT2D eigenvalue weighted by molar-refractivity contribution is 7.15. The number of aryl methyl sites for hydroxylation is 2. The lowest BCUT2D eigenvalue weighted by atomic mass is 9.66. The molecular formula is C12H18N2O2S. The van der Waals surface area contributed by atoms with Crippen molar-refractivity contribution in [3.8, 4) is 0 Å². The van der Waals surface area contributed by atoms with E-state index in [1.165, 1.54) is 4.88 Å². The molecule has 0 unspecified atom stereocenters. The fourth-order valence-electron chi connectivity index (χ4n) is 2.23. The molecule has 0 spiro atoms. The Labute approximate surface area is 105 Å². The largest absolute Gasteiger partial charge is 0.481 e. The number of hydrogen-bond acceptors (Lipinski definition) is 4. The number of anilines is 1. The second-order valence-electron chi connectivity index (χ2n) is 4.94. The second kappa shape index (κ2) is 4.64. The zero-order chi connectivity index (χ0) is 12.5. The van der Waals surface area contributed by atoms with E-state index < -0.39 is 5.97 Å². The van der Waals surface area contributed by atoms with Gasteiger partial charge in [-0.25, -0.2) is 4.98 Å². The lowest BCUT2D eigenvalue weighted by Gasteiger charge is -2.40. The van der Waals surface area contributed by atoms with Crippen LogP contribution in [0.3, 0.4) is 0 Å². The van der Waals surface area contributed by atoms with E-state index >= 15 is 0 Å². The molecule has 0 amide bonds. The molecule has 0 radical (unpaired) electrons. The van der Waals surface area contributed by atoms with E-state index in [2.05, 4.69) is 17.2 Å². The van der Waals surface area contributed by atoms with Crippen molar-refractivity contribution in [2.75, 3.05) is 11.9 Å². The highest BCUT2D eigenvalue weighted by Crippen LogP contribution is 2.44. The molecule has 1 fully saturated rings. The summed E-state index contributed by atoms with van der Waals surface area (Å²) in [5, 5.41) is 13.1. The number of carboxylic acids is 1. The van der Waals surface area contributed by atoms with Crippen molar-refractivity contribution >= 4 is 22.4 Å². The molecule has 4 nitrogen and oxygen atoms in total. The van der Waals surface area contributed by atoms with Gasteiger partial charge in [0.05, 0.1) is 12.1 Å². The van der Waals surface area contributed by atoms with E-state index in [-0.39, 0.29) is 11.8 Å². The first kappa shape index (κ1) is 12.4. The molecule has 0 saturated heterocycles. The Morgan fingerprint density at radius 1 is 1.53 bits per heavy atom. The summed E-state index contributed by atoms with van der Waals surface area (Å²) < 4.78 is 0. The van der Waals surface area contributed by atoms with Crippen molar-refractivity contribution in [3.05, 3.63) is 10.6 Å². The normalized spacial score (nSPS) is 17.5. The Hall–Kier alpha value is -1.10. The average molecular weight is 254 g/mol. The molecule has 17 heavy (non-hydrogen) atoms. The lowest BCUT2D eigenvalue weighted by molar-refractivity contribution is -0.141. The van der Waals surface area contributed by atoms with Crippen LogP contribution in [-0.4, -0.2) is 22.6 Å².